The van der Waals surface area contributed by atoms with Crippen molar-refractivity contribution in [3.05, 3.63) is 0 Å². The van der Waals surface area contributed by atoms with Crippen LogP contribution in [0.15, 0.2) is 0 Å². The minimum Gasteiger partial charge on any atom is -0.387 e. The van der Waals surface area contributed by atoms with Crippen LogP contribution in [0.3, 0.4) is 0 Å². The number of aliphatic hydroxyl groups is 1. The second-order valence-electron chi connectivity index (χ2n) is 3.70. The van der Waals surface area contributed by atoms with Gasteiger partial charge < -0.3 is 15.6 Å². The molecule has 0 aliphatic heterocycles. The molecule has 0 aromatic carbocycles. The summed E-state index contributed by atoms with van der Waals surface area (Å²) >= 11 is 0. The van der Waals surface area contributed by atoms with Crippen molar-refractivity contribution in [2.45, 2.75) is 31.3 Å². The summed E-state index contributed by atoms with van der Waals surface area (Å²) in [6, 6.07) is 0. The molecule has 1 fully saturated rings. The maximum Gasteiger partial charge on any atom is 0.0908 e. The van der Waals surface area contributed by atoms with Crippen LogP contribution in [0, 0.1) is 5.92 Å². The standard InChI is InChI=1S/C9H19NO2/c1-12-7-9(11,5-2-6-10)8-3-4-8/h8,11H,2-7,10H2,1H3. The van der Waals surface area contributed by atoms with Crippen LogP contribution in [0.25, 0.3) is 0 Å². The van der Waals surface area contributed by atoms with Gasteiger partial charge in [-0.2, -0.15) is 0 Å². The highest BCUT2D eigenvalue weighted by molar-refractivity contribution is 4.94. The SMILES string of the molecule is COCC(O)(CCCN)C1CC1. The largest absolute Gasteiger partial charge is 0.387 e. The first kappa shape index (κ1) is 9.96. The van der Waals surface area contributed by atoms with E-state index in [9.17, 15) is 5.11 Å². The van der Waals surface area contributed by atoms with Gasteiger partial charge in [0.05, 0.1) is 12.2 Å². The maximum absolute atomic E-state index is 10.1. The van der Waals surface area contributed by atoms with Crippen LogP contribution in [0.5, 0.6) is 0 Å². The van der Waals surface area contributed by atoms with E-state index in [-0.39, 0.29) is 0 Å². The monoisotopic (exact) mass is 173 g/mol. The van der Waals surface area contributed by atoms with E-state index >= 15 is 0 Å². The molecule has 3 nitrogen and oxygen atoms in total. The van der Waals surface area contributed by atoms with Gasteiger partial charge in [0.2, 0.25) is 0 Å². The van der Waals surface area contributed by atoms with Gasteiger partial charge >= 0.3 is 0 Å². The third kappa shape index (κ3) is 2.44. The number of rotatable bonds is 6. The minimum absolute atomic E-state index is 0.456. The van der Waals surface area contributed by atoms with Gasteiger partial charge in [-0.25, -0.2) is 0 Å². The Kier molecular flexibility index (Phi) is 3.50. The van der Waals surface area contributed by atoms with E-state index in [1.54, 1.807) is 7.11 Å². The zero-order valence-electron chi connectivity index (χ0n) is 7.75. The molecule has 0 saturated heterocycles. The van der Waals surface area contributed by atoms with Crippen LogP contribution in [0.1, 0.15) is 25.7 Å². The molecule has 1 saturated carbocycles. The number of ether oxygens (including phenoxy) is 1. The average molecular weight is 173 g/mol. The van der Waals surface area contributed by atoms with Crippen LogP contribution in [-0.4, -0.2) is 31.0 Å². The van der Waals surface area contributed by atoms with Gasteiger partial charge in [0.1, 0.15) is 0 Å². The summed E-state index contributed by atoms with van der Waals surface area (Å²) in [5.74, 6) is 0.462. The lowest BCUT2D eigenvalue weighted by atomic mass is 9.93. The Morgan fingerprint density at radius 1 is 1.58 bits per heavy atom. The van der Waals surface area contributed by atoms with Crippen LogP contribution < -0.4 is 5.73 Å². The van der Waals surface area contributed by atoms with E-state index in [1.807, 2.05) is 0 Å². The topological polar surface area (TPSA) is 55.5 Å². The van der Waals surface area contributed by atoms with Crippen molar-refractivity contribution >= 4 is 0 Å². The van der Waals surface area contributed by atoms with Gasteiger partial charge in [0, 0.05) is 7.11 Å². The van der Waals surface area contributed by atoms with Crippen LogP contribution in [0.4, 0.5) is 0 Å². The third-order valence-electron chi connectivity index (χ3n) is 2.55. The second-order valence-corrected chi connectivity index (χ2v) is 3.70. The zero-order chi connectivity index (χ0) is 9.03. The Hall–Kier alpha value is -0.120. The van der Waals surface area contributed by atoms with Crippen molar-refractivity contribution < 1.29 is 9.84 Å². The summed E-state index contributed by atoms with van der Waals surface area (Å²) < 4.78 is 5.01. The molecule has 3 N–H and O–H groups in total. The van der Waals surface area contributed by atoms with E-state index in [2.05, 4.69) is 0 Å². The van der Waals surface area contributed by atoms with Gasteiger partial charge in [-0.1, -0.05) is 0 Å². The van der Waals surface area contributed by atoms with Crippen molar-refractivity contribution in [1.29, 1.82) is 0 Å². The molecule has 1 rings (SSSR count). The summed E-state index contributed by atoms with van der Waals surface area (Å²) in [6.45, 7) is 1.11. The summed E-state index contributed by atoms with van der Waals surface area (Å²) in [5, 5.41) is 10.1. The zero-order valence-corrected chi connectivity index (χ0v) is 7.75. The molecule has 0 amide bonds. The van der Waals surface area contributed by atoms with E-state index in [1.165, 1.54) is 0 Å². The van der Waals surface area contributed by atoms with Crippen molar-refractivity contribution in [3.8, 4) is 0 Å². The van der Waals surface area contributed by atoms with Crippen molar-refractivity contribution in [1.82, 2.24) is 0 Å². The first-order chi connectivity index (χ1) is 5.73. The molecule has 1 aliphatic rings. The highest BCUT2D eigenvalue weighted by Crippen LogP contribution is 2.42. The molecule has 72 valence electrons. The minimum atomic E-state index is -0.589. The van der Waals surface area contributed by atoms with Crippen molar-refractivity contribution in [2.24, 2.45) is 11.7 Å². The first-order valence-corrected chi connectivity index (χ1v) is 4.64. The molecule has 1 unspecified atom stereocenters. The van der Waals surface area contributed by atoms with E-state index in [4.69, 9.17) is 10.5 Å². The molecule has 0 bridgehead atoms. The summed E-state index contributed by atoms with van der Waals surface area (Å²) in [6.07, 6.45) is 3.95. The molecule has 0 radical (unpaired) electrons. The predicted octanol–water partition coefficient (Wildman–Crippen LogP) is 0.513. The average Bonchev–Trinajstić information content (AvgIpc) is 2.84. The van der Waals surface area contributed by atoms with Crippen molar-refractivity contribution in [2.75, 3.05) is 20.3 Å². The molecule has 0 heterocycles. The van der Waals surface area contributed by atoms with E-state index < -0.39 is 5.60 Å². The lowest BCUT2D eigenvalue weighted by molar-refractivity contribution is -0.0545. The Labute approximate surface area is 73.9 Å². The Bertz CT molecular complexity index is 136. The number of methoxy groups -OCH3 is 1. The summed E-state index contributed by atoms with van der Waals surface area (Å²) in [5.41, 5.74) is 4.81. The highest BCUT2D eigenvalue weighted by Gasteiger charge is 2.43. The van der Waals surface area contributed by atoms with Crippen molar-refractivity contribution in [3.63, 3.8) is 0 Å². The third-order valence-corrected chi connectivity index (χ3v) is 2.55. The number of hydrogen-bond acceptors (Lipinski definition) is 3. The summed E-state index contributed by atoms with van der Waals surface area (Å²) in [4.78, 5) is 0. The second kappa shape index (κ2) is 4.21. The fourth-order valence-corrected chi connectivity index (χ4v) is 1.67. The molecule has 1 aliphatic carbocycles. The first-order valence-electron chi connectivity index (χ1n) is 4.64. The normalized spacial score (nSPS) is 22.2. The molecular weight excluding hydrogens is 154 g/mol. The molecule has 0 spiro atoms. The molecule has 0 aromatic heterocycles. The lowest BCUT2D eigenvalue weighted by Crippen LogP contribution is -2.37. The van der Waals surface area contributed by atoms with Gasteiger partial charge in [0.25, 0.3) is 0 Å². The van der Waals surface area contributed by atoms with Gasteiger partial charge in [-0.05, 0) is 38.1 Å². The Morgan fingerprint density at radius 3 is 2.67 bits per heavy atom. The molecule has 3 heteroatoms. The van der Waals surface area contributed by atoms with Crippen LogP contribution in [0.2, 0.25) is 0 Å². The van der Waals surface area contributed by atoms with E-state index in [0.717, 1.165) is 25.7 Å². The predicted molar refractivity (Wildman–Crippen MR) is 47.8 cm³/mol. The smallest absolute Gasteiger partial charge is 0.0908 e. The molecule has 12 heavy (non-hydrogen) atoms. The quantitative estimate of drug-likeness (QED) is 0.615. The Morgan fingerprint density at radius 2 is 2.25 bits per heavy atom. The fraction of sp³-hybridized carbons (Fsp3) is 1.00. The lowest BCUT2D eigenvalue weighted by Gasteiger charge is -2.27. The van der Waals surface area contributed by atoms with Crippen LogP contribution in [-0.2, 0) is 4.74 Å². The van der Waals surface area contributed by atoms with Gasteiger partial charge in [-0.3, -0.25) is 0 Å². The van der Waals surface area contributed by atoms with Gasteiger partial charge in [-0.15, -0.1) is 0 Å². The molecule has 1 atom stereocenters. The molecule has 0 aromatic rings. The van der Waals surface area contributed by atoms with Crippen LogP contribution >= 0.6 is 0 Å². The Balaban J connectivity index is 2.34. The highest BCUT2D eigenvalue weighted by atomic mass is 16.5. The summed E-state index contributed by atoms with van der Waals surface area (Å²) in [7, 11) is 1.63. The number of hydrogen-bond donors (Lipinski definition) is 2. The van der Waals surface area contributed by atoms with Gasteiger partial charge in [0.15, 0.2) is 0 Å². The number of nitrogens with two attached hydrogens (primary N) is 1. The fourth-order valence-electron chi connectivity index (χ4n) is 1.67. The molecular formula is C9H19NO2. The maximum atomic E-state index is 10.1. The van der Waals surface area contributed by atoms with E-state index in [0.29, 0.717) is 19.1 Å².